The maximum atomic E-state index is 3.52. The molecule has 0 rings (SSSR count). The van der Waals surface area contributed by atoms with Gasteiger partial charge in [0.05, 0.1) is 0 Å². The SMILES string of the molecule is CC=C[C@@H](Br)[C@@H](Br)C=CC. The van der Waals surface area contributed by atoms with E-state index in [1.54, 1.807) is 0 Å². The van der Waals surface area contributed by atoms with Crippen molar-refractivity contribution in [2.75, 3.05) is 0 Å². The number of halogens is 2. The molecule has 0 N–H and O–H groups in total. The van der Waals surface area contributed by atoms with Crippen LogP contribution >= 0.6 is 31.9 Å². The number of rotatable bonds is 3. The Kier molecular flexibility index (Phi) is 6.44. The summed E-state index contributed by atoms with van der Waals surface area (Å²) < 4.78 is 0. The molecule has 0 aromatic carbocycles. The normalized spacial score (nSPS) is 18.4. The quantitative estimate of drug-likeness (QED) is 0.541. The van der Waals surface area contributed by atoms with Crippen LogP contribution in [0.3, 0.4) is 0 Å². The molecule has 0 aromatic rings. The second-order valence-electron chi connectivity index (χ2n) is 1.94. The fraction of sp³-hybridized carbons (Fsp3) is 0.500. The maximum absolute atomic E-state index is 3.52. The minimum absolute atomic E-state index is 0.397. The Morgan fingerprint density at radius 2 is 1.20 bits per heavy atom. The number of allylic oxidation sites excluding steroid dienone is 4. The maximum Gasteiger partial charge on any atom is 0.0485 e. The summed E-state index contributed by atoms with van der Waals surface area (Å²) in [5.74, 6) is 0. The third-order valence-electron chi connectivity index (χ3n) is 1.06. The lowest BCUT2D eigenvalue weighted by molar-refractivity contribution is 1.12. The summed E-state index contributed by atoms with van der Waals surface area (Å²) >= 11 is 7.04. The highest BCUT2D eigenvalue weighted by atomic mass is 79.9. The lowest BCUT2D eigenvalue weighted by Gasteiger charge is -2.06. The Balaban J connectivity index is 3.81. The first-order valence-electron chi connectivity index (χ1n) is 3.26. The summed E-state index contributed by atoms with van der Waals surface area (Å²) in [6, 6.07) is 0. The van der Waals surface area contributed by atoms with E-state index in [4.69, 9.17) is 0 Å². The molecule has 58 valence electrons. The van der Waals surface area contributed by atoms with Crippen LogP contribution in [-0.2, 0) is 0 Å². The predicted molar refractivity (Wildman–Crippen MR) is 55.1 cm³/mol. The van der Waals surface area contributed by atoms with Gasteiger partial charge in [0, 0.05) is 9.65 Å². The monoisotopic (exact) mass is 266 g/mol. The van der Waals surface area contributed by atoms with Gasteiger partial charge in [-0.1, -0.05) is 56.2 Å². The van der Waals surface area contributed by atoms with Gasteiger partial charge in [0.25, 0.3) is 0 Å². The van der Waals surface area contributed by atoms with Gasteiger partial charge in [0.1, 0.15) is 0 Å². The lowest BCUT2D eigenvalue weighted by Crippen LogP contribution is -2.06. The molecule has 0 unspecified atom stereocenters. The lowest BCUT2D eigenvalue weighted by atomic mass is 10.3. The minimum atomic E-state index is 0.397. The summed E-state index contributed by atoms with van der Waals surface area (Å²) in [6.07, 6.45) is 8.30. The van der Waals surface area contributed by atoms with Gasteiger partial charge in [-0.15, -0.1) is 0 Å². The van der Waals surface area contributed by atoms with Crippen molar-refractivity contribution < 1.29 is 0 Å². The molecule has 0 fully saturated rings. The molecule has 0 spiro atoms. The van der Waals surface area contributed by atoms with E-state index < -0.39 is 0 Å². The summed E-state index contributed by atoms with van der Waals surface area (Å²) in [5.41, 5.74) is 0. The van der Waals surface area contributed by atoms with Crippen molar-refractivity contribution in [3.8, 4) is 0 Å². The Morgan fingerprint density at radius 1 is 0.900 bits per heavy atom. The molecule has 0 saturated carbocycles. The van der Waals surface area contributed by atoms with Crippen molar-refractivity contribution >= 4 is 31.9 Å². The van der Waals surface area contributed by atoms with Gasteiger partial charge in [0.2, 0.25) is 0 Å². The van der Waals surface area contributed by atoms with Gasteiger partial charge in [-0.25, -0.2) is 0 Å². The van der Waals surface area contributed by atoms with Crippen LogP contribution in [0.1, 0.15) is 13.8 Å². The van der Waals surface area contributed by atoms with E-state index in [0.717, 1.165) is 0 Å². The summed E-state index contributed by atoms with van der Waals surface area (Å²) in [7, 11) is 0. The van der Waals surface area contributed by atoms with Crippen molar-refractivity contribution in [3.05, 3.63) is 24.3 Å². The van der Waals surface area contributed by atoms with Crippen LogP contribution in [0.5, 0.6) is 0 Å². The number of alkyl halides is 2. The molecule has 0 aliphatic rings. The van der Waals surface area contributed by atoms with Gasteiger partial charge >= 0.3 is 0 Å². The van der Waals surface area contributed by atoms with Crippen LogP contribution < -0.4 is 0 Å². The van der Waals surface area contributed by atoms with Gasteiger partial charge < -0.3 is 0 Å². The molecule has 0 bridgehead atoms. The van der Waals surface area contributed by atoms with E-state index >= 15 is 0 Å². The number of hydrogen-bond acceptors (Lipinski definition) is 0. The fourth-order valence-corrected chi connectivity index (χ4v) is 1.54. The average Bonchev–Trinajstić information content (AvgIpc) is 1.89. The van der Waals surface area contributed by atoms with Crippen LogP contribution in [0, 0.1) is 0 Å². The molecule has 0 aliphatic heterocycles. The molecule has 0 amide bonds. The van der Waals surface area contributed by atoms with Crippen LogP contribution in [0.2, 0.25) is 0 Å². The highest BCUT2D eigenvalue weighted by Gasteiger charge is 2.06. The predicted octanol–water partition coefficient (Wildman–Crippen LogP) is 3.67. The largest absolute Gasteiger partial charge is 0.0905 e. The van der Waals surface area contributed by atoms with Crippen molar-refractivity contribution in [2.45, 2.75) is 23.5 Å². The molecule has 0 saturated heterocycles. The molecule has 10 heavy (non-hydrogen) atoms. The average molecular weight is 268 g/mol. The molecule has 0 heterocycles. The van der Waals surface area contributed by atoms with E-state index in [2.05, 4.69) is 44.0 Å². The number of hydrogen-bond donors (Lipinski definition) is 0. The molecule has 2 heteroatoms. The van der Waals surface area contributed by atoms with Gasteiger partial charge in [0.15, 0.2) is 0 Å². The van der Waals surface area contributed by atoms with E-state index in [0.29, 0.717) is 9.65 Å². The molecular formula is C8H12Br2. The minimum Gasteiger partial charge on any atom is -0.0905 e. The van der Waals surface area contributed by atoms with E-state index in [1.165, 1.54) is 0 Å². The zero-order valence-corrected chi connectivity index (χ0v) is 9.39. The van der Waals surface area contributed by atoms with Gasteiger partial charge in [-0.2, -0.15) is 0 Å². The molecular weight excluding hydrogens is 256 g/mol. The Bertz CT molecular complexity index is 111. The Hall–Kier alpha value is 0.440. The molecule has 2 atom stereocenters. The third kappa shape index (κ3) is 4.29. The molecule has 0 radical (unpaired) electrons. The summed E-state index contributed by atoms with van der Waals surface area (Å²) in [6.45, 7) is 4.04. The van der Waals surface area contributed by atoms with E-state index in [9.17, 15) is 0 Å². The molecule has 0 nitrogen and oxygen atoms in total. The van der Waals surface area contributed by atoms with Crippen molar-refractivity contribution in [3.63, 3.8) is 0 Å². The van der Waals surface area contributed by atoms with E-state index in [1.807, 2.05) is 26.0 Å². The highest BCUT2D eigenvalue weighted by Crippen LogP contribution is 2.16. The third-order valence-corrected chi connectivity index (χ3v) is 3.52. The smallest absolute Gasteiger partial charge is 0.0485 e. The van der Waals surface area contributed by atoms with Crippen molar-refractivity contribution in [1.29, 1.82) is 0 Å². The van der Waals surface area contributed by atoms with Crippen LogP contribution in [0.4, 0.5) is 0 Å². The Morgan fingerprint density at radius 3 is 1.40 bits per heavy atom. The van der Waals surface area contributed by atoms with Crippen molar-refractivity contribution in [2.24, 2.45) is 0 Å². The van der Waals surface area contributed by atoms with E-state index in [-0.39, 0.29) is 0 Å². The zero-order chi connectivity index (χ0) is 7.98. The molecule has 0 aliphatic carbocycles. The summed E-state index contributed by atoms with van der Waals surface area (Å²) in [5, 5.41) is 0. The molecule has 0 aromatic heterocycles. The second-order valence-corrected chi connectivity index (χ2v) is 4.06. The van der Waals surface area contributed by atoms with Crippen LogP contribution in [0.25, 0.3) is 0 Å². The first-order valence-corrected chi connectivity index (χ1v) is 5.09. The van der Waals surface area contributed by atoms with Crippen LogP contribution in [0.15, 0.2) is 24.3 Å². The Labute approximate surface area is 79.6 Å². The summed E-state index contributed by atoms with van der Waals surface area (Å²) in [4.78, 5) is 0.794. The second kappa shape index (κ2) is 6.17. The van der Waals surface area contributed by atoms with Gasteiger partial charge in [-0.05, 0) is 13.8 Å². The highest BCUT2D eigenvalue weighted by molar-refractivity contribution is 9.12. The standard InChI is InChI=1S/C8H12Br2/c1-3-5-7(9)8(10)6-4-2/h3-8H,1-2H3/t7-,8+. The van der Waals surface area contributed by atoms with Crippen molar-refractivity contribution in [1.82, 2.24) is 0 Å². The van der Waals surface area contributed by atoms with Gasteiger partial charge in [-0.3, -0.25) is 0 Å². The van der Waals surface area contributed by atoms with Crippen LogP contribution in [-0.4, -0.2) is 9.65 Å². The first-order chi connectivity index (χ1) is 4.72. The first kappa shape index (κ1) is 10.4. The fourth-order valence-electron chi connectivity index (χ4n) is 0.580. The zero-order valence-electron chi connectivity index (χ0n) is 6.22. The topological polar surface area (TPSA) is 0 Å².